The molecule has 1 heterocycles. The Bertz CT molecular complexity index is 616. The van der Waals surface area contributed by atoms with E-state index < -0.39 is 0 Å². The van der Waals surface area contributed by atoms with Gasteiger partial charge in [0, 0.05) is 25.3 Å². The topological polar surface area (TPSA) is 15.3 Å². The summed E-state index contributed by atoms with van der Waals surface area (Å²) in [5, 5.41) is 3.54. The van der Waals surface area contributed by atoms with E-state index in [1.54, 1.807) is 0 Å². The quantitative estimate of drug-likeness (QED) is 0.901. The van der Waals surface area contributed by atoms with Gasteiger partial charge in [-0.3, -0.25) is 0 Å². The molecule has 2 aromatic carbocycles. The van der Waals surface area contributed by atoms with E-state index >= 15 is 0 Å². The molecule has 0 spiro atoms. The second kappa shape index (κ2) is 5.90. The molecule has 0 bridgehead atoms. The third kappa shape index (κ3) is 2.96. The van der Waals surface area contributed by atoms with Crippen LogP contribution < -0.4 is 10.2 Å². The van der Waals surface area contributed by atoms with Gasteiger partial charge in [-0.15, -0.1) is 0 Å². The zero-order valence-electron chi connectivity index (χ0n) is 13.2. The van der Waals surface area contributed by atoms with Crippen molar-refractivity contribution in [3.05, 3.63) is 64.7 Å². The molecule has 0 amide bonds. The first kappa shape index (κ1) is 14.2. The van der Waals surface area contributed by atoms with Crippen LogP contribution in [0.3, 0.4) is 0 Å². The van der Waals surface area contributed by atoms with E-state index in [9.17, 15) is 0 Å². The summed E-state index contributed by atoms with van der Waals surface area (Å²) < 4.78 is 0. The van der Waals surface area contributed by atoms with Crippen LogP contribution in [0.5, 0.6) is 0 Å². The summed E-state index contributed by atoms with van der Waals surface area (Å²) in [6, 6.07) is 16.2. The lowest BCUT2D eigenvalue weighted by Crippen LogP contribution is -2.46. The van der Waals surface area contributed by atoms with Gasteiger partial charge in [-0.05, 0) is 38.0 Å². The van der Waals surface area contributed by atoms with E-state index in [1.165, 1.54) is 27.9 Å². The molecular weight excluding hydrogens is 256 g/mol. The molecule has 21 heavy (non-hydrogen) atoms. The average molecular weight is 280 g/mol. The van der Waals surface area contributed by atoms with E-state index in [-0.39, 0.29) is 0 Å². The van der Waals surface area contributed by atoms with Crippen LogP contribution in [0.2, 0.25) is 0 Å². The minimum absolute atomic E-state index is 0.417. The van der Waals surface area contributed by atoms with Crippen LogP contribution in [0.25, 0.3) is 0 Å². The van der Waals surface area contributed by atoms with Crippen LogP contribution in [-0.4, -0.2) is 19.6 Å². The van der Waals surface area contributed by atoms with E-state index in [0.717, 1.165) is 19.6 Å². The molecule has 1 aliphatic rings. The summed E-state index contributed by atoms with van der Waals surface area (Å²) >= 11 is 0. The number of anilines is 1. The van der Waals surface area contributed by atoms with Crippen molar-refractivity contribution in [3.63, 3.8) is 0 Å². The van der Waals surface area contributed by atoms with Crippen molar-refractivity contribution in [2.45, 2.75) is 26.8 Å². The Morgan fingerprint density at radius 3 is 2.38 bits per heavy atom. The van der Waals surface area contributed by atoms with Crippen molar-refractivity contribution in [2.24, 2.45) is 0 Å². The Hall–Kier alpha value is -1.80. The number of hydrogen-bond acceptors (Lipinski definition) is 2. The Morgan fingerprint density at radius 1 is 0.952 bits per heavy atom. The largest absolute Gasteiger partial charge is 0.362 e. The highest BCUT2D eigenvalue weighted by Crippen LogP contribution is 2.31. The fourth-order valence-electron chi connectivity index (χ4n) is 3.21. The normalized spacial score (nSPS) is 18.8. The maximum absolute atomic E-state index is 3.54. The molecule has 0 radical (unpaired) electrons. The highest BCUT2D eigenvalue weighted by Gasteiger charge is 2.24. The molecule has 1 aliphatic heterocycles. The predicted octanol–water partition coefficient (Wildman–Crippen LogP) is 3.76. The van der Waals surface area contributed by atoms with Gasteiger partial charge in [0.25, 0.3) is 0 Å². The van der Waals surface area contributed by atoms with Gasteiger partial charge in [-0.25, -0.2) is 0 Å². The van der Waals surface area contributed by atoms with Gasteiger partial charge < -0.3 is 10.2 Å². The van der Waals surface area contributed by atoms with Crippen LogP contribution >= 0.6 is 0 Å². The summed E-state index contributed by atoms with van der Waals surface area (Å²) in [4.78, 5) is 2.55. The third-order valence-corrected chi connectivity index (χ3v) is 4.37. The zero-order valence-corrected chi connectivity index (χ0v) is 13.2. The fraction of sp³-hybridized carbons (Fsp3) is 0.368. The molecule has 1 fully saturated rings. The van der Waals surface area contributed by atoms with Crippen molar-refractivity contribution in [2.75, 3.05) is 24.5 Å². The number of nitrogens with one attached hydrogen (secondary N) is 1. The lowest BCUT2D eigenvalue weighted by atomic mass is 9.99. The molecule has 2 aromatic rings. The highest BCUT2D eigenvalue weighted by molar-refractivity contribution is 5.56. The second-order valence-corrected chi connectivity index (χ2v) is 6.11. The maximum Gasteiger partial charge on any atom is 0.0667 e. The van der Waals surface area contributed by atoms with Gasteiger partial charge in [0.2, 0.25) is 0 Å². The van der Waals surface area contributed by atoms with Crippen molar-refractivity contribution in [1.82, 2.24) is 5.32 Å². The molecule has 0 aromatic heterocycles. The van der Waals surface area contributed by atoms with E-state index in [1.807, 2.05) is 0 Å². The van der Waals surface area contributed by atoms with Crippen molar-refractivity contribution >= 4 is 5.69 Å². The second-order valence-electron chi connectivity index (χ2n) is 6.11. The van der Waals surface area contributed by atoms with Gasteiger partial charge in [-0.2, -0.15) is 0 Å². The lowest BCUT2D eigenvalue weighted by molar-refractivity contribution is 0.489. The Labute approximate surface area is 127 Å². The van der Waals surface area contributed by atoms with Crippen LogP contribution in [0.15, 0.2) is 42.5 Å². The number of benzene rings is 2. The van der Waals surface area contributed by atoms with E-state index in [2.05, 4.69) is 73.5 Å². The minimum atomic E-state index is 0.417. The molecule has 1 N–H and O–H groups in total. The highest BCUT2D eigenvalue weighted by atomic mass is 15.2. The molecule has 2 heteroatoms. The molecule has 110 valence electrons. The molecule has 1 saturated heterocycles. The monoisotopic (exact) mass is 280 g/mol. The standard InChI is InChI=1S/C19H24N2/c1-14-4-7-17(8-5-14)19-13-20-10-11-21(19)18-9-6-15(2)12-16(18)3/h4-9,12,19-20H,10-11,13H2,1-3H3/t19-/m0/s1. The van der Waals surface area contributed by atoms with E-state index in [0.29, 0.717) is 6.04 Å². The summed E-state index contributed by atoms with van der Waals surface area (Å²) in [5.74, 6) is 0. The first-order valence-electron chi connectivity index (χ1n) is 7.76. The number of rotatable bonds is 2. The van der Waals surface area contributed by atoms with Crippen molar-refractivity contribution in [3.8, 4) is 0 Å². The smallest absolute Gasteiger partial charge is 0.0667 e. The molecule has 2 nitrogen and oxygen atoms in total. The third-order valence-electron chi connectivity index (χ3n) is 4.37. The molecule has 0 unspecified atom stereocenters. The van der Waals surface area contributed by atoms with Gasteiger partial charge in [0.05, 0.1) is 6.04 Å². The fourth-order valence-corrected chi connectivity index (χ4v) is 3.21. The number of aryl methyl sites for hydroxylation is 3. The van der Waals surface area contributed by atoms with Crippen LogP contribution in [0, 0.1) is 20.8 Å². The first-order chi connectivity index (χ1) is 10.1. The van der Waals surface area contributed by atoms with Crippen LogP contribution in [0.4, 0.5) is 5.69 Å². The Morgan fingerprint density at radius 2 is 1.67 bits per heavy atom. The molecule has 3 rings (SSSR count). The number of hydrogen-bond donors (Lipinski definition) is 1. The summed E-state index contributed by atoms with van der Waals surface area (Å²) in [6.45, 7) is 9.64. The Kier molecular flexibility index (Phi) is 3.98. The van der Waals surface area contributed by atoms with Crippen molar-refractivity contribution < 1.29 is 0 Å². The molecule has 1 atom stereocenters. The number of nitrogens with zero attached hydrogens (tertiary/aromatic N) is 1. The van der Waals surface area contributed by atoms with Crippen LogP contribution in [-0.2, 0) is 0 Å². The molecular formula is C19H24N2. The summed E-state index contributed by atoms with van der Waals surface area (Å²) in [6.07, 6.45) is 0. The van der Waals surface area contributed by atoms with Gasteiger partial charge in [-0.1, -0.05) is 47.5 Å². The summed E-state index contributed by atoms with van der Waals surface area (Å²) in [7, 11) is 0. The lowest BCUT2D eigenvalue weighted by Gasteiger charge is -2.39. The first-order valence-corrected chi connectivity index (χ1v) is 7.76. The van der Waals surface area contributed by atoms with Crippen molar-refractivity contribution in [1.29, 1.82) is 0 Å². The minimum Gasteiger partial charge on any atom is -0.362 e. The van der Waals surface area contributed by atoms with E-state index in [4.69, 9.17) is 0 Å². The average Bonchev–Trinajstić information content (AvgIpc) is 2.48. The number of piperazine rings is 1. The van der Waals surface area contributed by atoms with Gasteiger partial charge >= 0.3 is 0 Å². The SMILES string of the molecule is Cc1ccc([C@@H]2CNCCN2c2ccc(C)cc2C)cc1. The van der Waals surface area contributed by atoms with Gasteiger partial charge in [0.1, 0.15) is 0 Å². The predicted molar refractivity (Wildman–Crippen MR) is 90.1 cm³/mol. The Balaban J connectivity index is 1.96. The molecule has 0 saturated carbocycles. The van der Waals surface area contributed by atoms with Crippen LogP contribution in [0.1, 0.15) is 28.3 Å². The zero-order chi connectivity index (χ0) is 14.8. The van der Waals surface area contributed by atoms with Gasteiger partial charge in [0.15, 0.2) is 0 Å². The summed E-state index contributed by atoms with van der Waals surface area (Å²) in [5.41, 5.74) is 6.79. The molecule has 0 aliphatic carbocycles. The maximum atomic E-state index is 3.54.